The fourth-order valence-corrected chi connectivity index (χ4v) is 2.34. The molecule has 2 rings (SSSR count). The SMILES string of the molecule is COC(=O)C1CCCN(C(=O)c2nn(C)cc2N)C1. The molecule has 104 valence electrons. The van der Waals surface area contributed by atoms with Gasteiger partial charge < -0.3 is 15.4 Å². The highest BCUT2D eigenvalue weighted by Crippen LogP contribution is 2.20. The van der Waals surface area contributed by atoms with Gasteiger partial charge in [-0.2, -0.15) is 5.10 Å². The van der Waals surface area contributed by atoms with Crippen LogP contribution in [0.3, 0.4) is 0 Å². The second-order valence-electron chi connectivity index (χ2n) is 4.72. The van der Waals surface area contributed by atoms with Gasteiger partial charge in [-0.05, 0) is 12.8 Å². The summed E-state index contributed by atoms with van der Waals surface area (Å²) >= 11 is 0. The Morgan fingerprint density at radius 2 is 2.26 bits per heavy atom. The average Bonchev–Trinajstić information content (AvgIpc) is 2.76. The van der Waals surface area contributed by atoms with Gasteiger partial charge in [-0.15, -0.1) is 0 Å². The standard InChI is InChI=1S/C12H18N4O3/c1-15-7-9(13)10(14-15)11(17)16-5-3-4-8(6-16)12(18)19-2/h7-8H,3-6,13H2,1-2H3. The molecular formula is C12H18N4O3. The van der Waals surface area contributed by atoms with Crippen molar-refractivity contribution in [3.63, 3.8) is 0 Å². The number of nitrogens with two attached hydrogens (primary N) is 1. The van der Waals surface area contributed by atoms with E-state index in [0.717, 1.165) is 12.8 Å². The quantitative estimate of drug-likeness (QED) is 0.762. The molecular weight excluding hydrogens is 248 g/mol. The summed E-state index contributed by atoms with van der Waals surface area (Å²) in [6.07, 6.45) is 3.11. The van der Waals surface area contributed by atoms with E-state index in [1.54, 1.807) is 18.1 Å². The summed E-state index contributed by atoms with van der Waals surface area (Å²) in [4.78, 5) is 25.5. The third kappa shape index (κ3) is 2.69. The zero-order valence-electron chi connectivity index (χ0n) is 11.1. The summed E-state index contributed by atoms with van der Waals surface area (Å²) in [6, 6.07) is 0. The molecule has 19 heavy (non-hydrogen) atoms. The van der Waals surface area contributed by atoms with Crippen LogP contribution < -0.4 is 5.73 Å². The molecule has 2 N–H and O–H groups in total. The Kier molecular flexibility index (Phi) is 3.73. The Hall–Kier alpha value is -2.05. The Morgan fingerprint density at radius 3 is 2.84 bits per heavy atom. The van der Waals surface area contributed by atoms with Crippen LogP contribution in [0.15, 0.2) is 6.20 Å². The summed E-state index contributed by atoms with van der Waals surface area (Å²) in [7, 11) is 3.07. The van der Waals surface area contributed by atoms with Crippen LogP contribution in [0.25, 0.3) is 0 Å². The van der Waals surface area contributed by atoms with Crippen molar-refractivity contribution in [2.45, 2.75) is 12.8 Å². The van der Waals surface area contributed by atoms with E-state index >= 15 is 0 Å². The summed E-state index contributed by atoms with van der Waals surface area (Å²) in [5, 5.41) is 4.06. The number of piperidine rings is 1. The molecule has 7 nitrogen and oxygen atoms in total. The van der Waals surface area contributed by atoms with Gasteiger partial charge in [-0.3, -0.25) is 14.3 Å². The molecule has 1 aliphatic heterocycles. The lowest BCUT2D eigenvalue weighted by molar-refractivity contribution is -0.146. The van der Waals surface area contributed by atoms with Gasteiger partial charge in [0, 0.05) is 26.3 Å². The van der Waals surface area contributed by atoms with Crippen molar-refractivity contribution in [2.75, 3.05) is 25.9 Å². The lowest BCUT2D eigenvalue weighted by Crippen LogP contribution is -2.43. The van der Waals surface area contributed by atoms with E-state index in [0.29, 0.717) is 18.8 Å². The summed E-state index contributed by atoms with van der Waals surface area (Å²) in [5.74, 6) is -0.758. The number of anilines is 1. The highest BCUT2D eigenvalue weighted by Gasteiger charge is 2.31. The molecule has 1 fully saturated rings. The van der Waals surface area contributed by atoms with Crippen molar-refractivity contribution in [3.05, 3.63) is 11.9 Å². The van der Waals surface area contributed by atoms with E-state index in [1.165, 1.54) is 11.8 Å². The van der Waals surface area contributed by atoms with E-state index < -0.39 is 0 Å². The molecule has 0 bridgehead atoms. The zero-order valence-corrected chi connectivity index (χ0v) is 11.1. The maximum atomic E-state index is 12.3. The highest BCUT2D eigenvalue weighted by atomic mass is 16.5. The molecule has 0 radical (unpaired) electrons. The van der Waals surface area contributed by atoms with E-state index in [2.05, 4.69) is 5.10 Å². The van der Waals surface area contributed by atoms with Crippen molar-refractivity contribution < 1.29 is 14.3 Å². The van der Waals surface area contributed by atoms with Gasteiger partial charge in [0.25, 0.3) is 5.91 Å². The first-order chi connectivity index (χ1) is 9.02. The Bertz CT molecular complexity index is 497. The number of methoxy groups -OCH3 is 1. The normalized spacial score (nSPS) is 19.3. The van der Waals surface area contributed by atoms with Crippen molar-refractivity contribution >= 4 is 17.6 Å². The molecule has 1 saturated heterocycles. The fourth-order valence-electron chi connectivity index (χ4n) is 2.34. The summed E-state index contributed by atoms with van der Waals surface area (Å²) in [5.41, 5.74) is 6.35. The van der Waals surface area contributed by atoms with Crippen molar-refractivity contribution in [3.8, 4) is 0 Å². The number of nitrogen functional groups attached to an aromatic ring is 1. The molecule has 1 atom stereocenters. The van der Waals surface area contributed by atoms with Crippen LogP contribution in [-0.4, -0.2) is 46.8 Å². The minimum Gasteiger partial charge on any atom is -0.469 e. The number of hydrogen-bond donors (Lipinski definition) is 1. The van der Waals surface area contributed by atoms with Gasteiger partial charge in [0.05, 0.1) is 18.7 Å². The lowest BCUT2D eigenvalue weighted by atomic mass is 9.98. The number of carbonyl (C=O) groups is 2. The van der Waals surface area contributed by atoms with Crippen LogP contribution in [0, 0.1) is 5.92 Å². The predicted molar refractivity (Wildman–Crippen MR) is 68.3 cm³/mol. The molecule has 0 saturated carbocycles. The number of aryl methyl sites for hydroxylation is 1. The first-order valence-corrected chi connectivity index (χ1v) is 6.19. The number of likely N-dealkylation sites (tertiary alicyclic amines) is 1. The lowest BCUT2D eigenvalue weighted by Gasteiger charge is -2.30. The minimum absolute atomic E-state index is 0.230. The summed E-state index contributed by atoms with van der Waals surface area (Å²) < 4.78 is 6.23. The number of esters is 1. The molecule has 2 heterocycles. The molecule has 0 aliphatic carbocycles. The van der Waals surface area contributed by atoms with Crippen LogP contribution in [0.1, 0.15) is 23.3 Å². The van der Waals surface area contributed by atoms with E-state index in [1.807, 2.05) is 0 Å². The fraction of sp³-hybridized carbons (Fsp3) is 0.583. The molecule has 1 aromatic heterocycles. The molecule has 0 spiro atoms. The topological polar surface area (TPSA) is 90.5 Å². The maximum absolute atomic E-state index is 12.3. The molecule has 0 aromatic carbocycles. The van der Waals surface area contributed by atoms with Gasteiger partial charge in [-0.25, -0.2) is 0 Å². The van der Waals surface area contributed by atoms with Crippen molar-refractivity contribution in [1.82, 2.24) is 14.7 Å². The molecule has 7 heteroatoms. The number of hydrogen-bond acceptors (Lipinski definition) is 5. The van der Waals surface area contributed by atoms with Crippen LogP contribution in [0.2, 0.25) is 0 Å². The van der Waals surface area contributed by atoms with Gasteiger partial charge in [0.15, 0.2) is 5.69 Å². The molecule has 1 aromatic rings. The molecule has 1 amide bonds. The largest absolute Gasteiger partial charge is 0.469 e. The van der Waals surface area contributed by atoms with E-state index in [9.17, 15) is 9.59 Å². The minimum atomic E-state index is -0.272. The van der Waals surface area contributed by atoms with Gasteiger partial charge >= 0.3 is 5.97 Å². The average molecular weight is 266 g/mol. The summed E-state index contributed by atoms with van der Waals surface area (Å²) in [6.45, 7) is 0.976. The monoisotopic (exact) mass is 266 g/mol. The number of ether oxygens (including phenoxy) is 1. The van der Waals surface area contributed by atoms with Crippen LogP contribution in [-0.2, 0) is 16.6 Å². The molecule has 1 unspecified atom stereocenters. The van der Waals surface area contributed by atoms with E-state index in [-0.39, 0.29) is 23.5 Å². The van der Waals surface area contributed by atoms with Crippen LogP contribution >= 0.6 is 0 Å². The van der Waals surface area contributed by atoms with Crippen LogP contribution in [0.5, 0.6) is 0 Å². The third-order valence-electron chi connectivity index (χ3n) is 3.30. The predicted octanol–water partition coefficient (Wildman–Crippen LogP) is 0.0275. The smallest absolute Gasteiger partial charge is 0.310 e. The first kappa shape index (κ1) is 13.4. The highest BCUT2D eigenvalue weighted by molar-refractivity contribution is 5.97. The zero-order chi connectivity index (χ0) is 14.0. The van der Waals surface area contributed by atoms with Gasteiger partial charge in [-0.1, -0.05) is 0 Å². The Morgan fingerprint density at radius 1 is 1.53 bits per heavy atom. The second kappa shape index (κ2) is 5.29. The van der Waals surface area contributed by atoms with Crippen molar-refractivity contribution in [1.29, 1.82) is 0 Å². The number of amides is 1. The molecule has 1 aliphatic rings. The number of carbonyl (C=O) groups excluding carboxylic acids is 2. The van der Waals surface area contributed by atoms with Gasteiger partial charge in [0.2, 0.25) is 0 Å². The Labute approximate surface area is 111 Å². The van der Waals surface area contributed by atoms with Gasteiger partial charge in [0.1, 0.15) is 0 Å². The number of rotatable bonds is 2. The first-order valence-electron chi connectivity index (χ1n) is 6.19. The number of nitrogens with zero attached hydrogens (tertiary/aromatic N) is 3. The van der Waals surface area contributed by atoms with Crippen molar-refractivity contribution in [2.24, 2.45) is 13.0 Å². The second-order valence-corrected chi connectivity index (χ2v) is 4.72. The number of aromatic nitrogens is 2. The Balaban J connectivity index is 2.11. The van der Waals surface area contributed by atoms with E-state index in [4.69, 9.17) is 10.5 Å². The maximum Gasteiger partial charge on any atom is 0.310 e. The van der Waals surface area contributed by atoms with Crippen LogP contribution in [0.4, 0.5) is 5.69 Å². The third-order valence-corrected chi connectivity index (χ3v) is 3.30.